The van der Waals surface area contributed by atoms with Crippen molar-refractivity contribution >= 4 is 11.8 Å². The molecule has 0 aromatic carbocycles. The van der Waals surface area contributed by atoms with Gasteiger partial charge in [0.05, 0.1) is 7.11 Å². The fraction of sp³-hybridized carbons (Fsp3) is 0.778. The molecule has 4 heteroatoms. The van der Waals surface area contributed by atoms with E-state index in [0.717, 1.165) is 0 Å². The lowest BCUT2D eigenvalue weighted by Crippen LogP contribution is -2.02. The number of carbonyl (C=O) groups excluding carboxylic acids is 2. The Morgan fingerprint density at radius 3 is 1.85 bits per heavy atom. The molecule has 4 nitrogen and oxygen atoms in total. The number of methoxy groups -OCH3 is 1. The first-order valence-electron chi connectivity index (χ1n) is 4.22. The first kappa shape index (κ1) is 14.6. The number of hydrogen-bond donors (Lipinski definition) is 0. The Morgan fingerprint density at radius 1 is 1.23 bits per heavy atom. The molecule has 0 spiro atoms. The maximum atomic E-state index is 10.1. The van der Waals surface area contributed by atoms with Crippen LogP contribution in [0.5, 0.6) is 0 Å². The molecule has 0 bridgehead atoms. The highest BCUT2D eigenvalue weighted by Gasteiger charge is 1.87. The molecule has 0 aromatic rings. The number of Topliss-reactive ketones (excluding diaryl/α,β-unsaturated/α-hetero) is 1. The van der Waals surface area contributed by atoms with E-state index < -0.39 is 0 Å². The summed E-state index contributed by atoms with van der Waals surface area (Å²) in [6, 6.07) is 0. The summed E-state index contributed by atoms with van der Waals surface area (Å²) in [5.41, 5.74) is 0. The van der Waals surface area contributed by atoms with Crippen molar-refractivity contribution in [3.05, 3.63) is 0 Å². The van der Waals surface area contributed by atoms with Gasteiger partial charge in [-0.2, -0.15) is 0 Å². The number of ketones is 1. The molecule has 0 atom stereocenters. The van der Waals surface area contributed by atoms with Crippen LogP contribution in [0.2, 0.25) is 0 Å². The summed E-state index contributed by atoms with van der Waals surface area (Å²) in [4.78, 5) is 20.0. The molecule has 0 saturated heterocycles. The quantitative estimate of drug-likeness (QED) is 0.625. The molecule has 0 saturated carbocycles. The number of ether oxygens (including phenoxy) is 2. The summed E-state index contributed by atoms with van der Waals surface area (Å²) in [5.74, 6) is -0.0724. The second-order valence-corrected chi connectivity index (χ2v) is 2.27. The Labute approximate surface area is 79.2 Å². The van der Waals surface area contributed by atoms with Crippen molar-refractivity contribution in [2.45, 2.75) is 27.2 Å². The lowest BCUT2D eigenvalue weighted by molar-refractivity contribution is -0.140. The van der Waals surface area contributed by atoms with Crippen LogP contribution >= 0.6 is 0 Å². The zero-order valence-electron chi connectivity index (χ0n) is 8.75. The van der Waals surface area contributed by atoms with Crippen molar-refractivity contribution < 1.29 is 19.1 Å². The van der Waals surface area contributed by atoms with Gasteiger partial charge in [0.2, 0.25) is 0 Å². The van der Waals surface area contributed by atoms with Crippen molar-refractivity contribution in [1.82, 2.24) is 0 Å². The fourth-order valence-electron chi connectivity index (χ4n) is 0.390. The third-order valence-corrected chi connectivity index (χ3v) is 1.03. The molecule has 0 N–H and O–H groups in total. The van der Waals surface area contributed by atoms with Crippen molar-refractivity contribution in [2.75, 3.05) is 20.3 Å². The molecule has 0 aliphatic carbocycles. The Hall–Kier alpha value is -0.900. The zero-order chi connectivity index (χ0) is 10.7. The number of esters is 1. The van der Waals surface area contributed by atoms with Gasteiger partial charge in [0.1, 0.15) is 6.61 Å². The van der Waals surface area contributed by atoms with E-state index in [0.29, 0.717) is 13.0 Å². The largest absolute Gasteiger partial charge is 0.469 e. The number of carbonyl (C=O) groups is 2. The lowest BCUT2D eigenvalue weighted by Gasteiger charge is -1.91. The highest BCUT2D eigenvalue weighted by atomic mass is 16.5. The predicted octanol–water partition coefficient (Wildman–Crippen LogP) is 1.18. The van der Waals surface area contributed by atoms with E-state index >= 15 is 0 Å². The average Bonchev–Trinajstić information content (AvgIpc) is 2.14. The van der Waals surface area contributed by atoms with Gasteiger partial charge in [-0.1, -0.05) is 6.92 Å². The Kier molecular flexibility index (Phi) is 12.5. The SMILES string of the molecule is CCC(=O)OC.CCOCC(C)=O. The molecule has 78 valence electrons. The van der Waals surface area contributed by atoms with Crippen LogP contribution in [0.25, 0.3) is 0 Å². The van der Waals surface area contributed by atoms with Crippen LogP contribution in [-0.4, -0.2) is 32.1 Å². The average molecular weight is 190 g/mol. The maximum absolute atomic E-state index is 10.1. The first-order chi connectivity index (χ1) is 6.08. The number of rotatable bonds is 4. The molecule has 0 amide bonds. The van der Waals surface area contributed by atoms with Gasteiger partial charge in [0.25, 0.3) is 0 Å². The predicted molar refractivity (Wildman–Crippen MR) is 49.5 cm³/mol. The molecule has 0 fully saturated rings. The van der Waals surface area contributed by atoms with Crippen LogP contribution in [0, 0.1) is 0 Å². The first-order valence-corrected chi connectivity index (χ1v) is 4.22. The molecule has 0 aliphatic heterocycles. The van der Waals surface area contributed by atoms with Crippen molar-refractivity contribution in [3.8, 4) is 0 Å². The van der Waals surface area contributed by atoms with Gasteiger partial charge in [0, 0.05) is 13.0 Å². The normalized spacial score (nSPS) is 8.31. The van der Waals surface area contributed by atoms with Crippen molar-refractivity contribution in [2.24, 2.45) is 0 Å². The van der Waals surface area contributed by atoms with Crippen LogP contribution in [0.4, 0.5) is 0 Å². The van der Waals surface area contributed by atoms with Gasteiger partial charge >= 0.3 is 5.97 Å². The minimum absolute atomic E-state index is 0.0850. The van der Waals surface area contributed by atoms with Crippen molar-refractivity contribution in [3.63, 3.8) is 0 Å². The van der Waals surface area contributed by atoms with Gasteiger partial charge in [-0.15, -0.1) is 0 Å². The zero-order valence-corrected chi connectivity index (χ0v) is 8.75. The standard InChI is InChI=1S/C5H10O2.C4H8O2/c1-3-7-4-5(2)6;1-3-4(5)6-2/h3-4H2,1-2H3;3H2,1-2H3. The fourth-order valence-corrected chi connectivity index (χ4v) is 0.390. The smallest absolute Gasteiger partial charge is 0.305 e. The van der Waals surface area contributed by atoms with Gasteiger partial charge in [-0.05, 0) is 13.8 Å². The maximum Gasteiger partial charge on any atom is 0.305 e. The topological polar surface area (TPSA) is 52.6 Å². The molecule has 0 heterocycles. The van der Waals surface area contributed by atoms with E-state index in [-0.39, 0.29) is 18.4 Å². The van der Waals surface area contributed by atoms with Crippen LogP contribution in [-0.2, 0) is 19.1 Å². The van der Waals surface area contributed by atoms with E-state index in [9.17, 15) is 9.59 Å². The second-order valence-electron chi connectivity index (χ2n) is 2.27. The summed E-state index contributed by atoms with van der Waals surface area (Å²) in [7, 11) is 1.38. The highest BCUT2D eigenvalue weighted by molar-refractivity contribution is 5.76. The third kappa shape index (κ3) is 18.2. The Balaban J connectivity index is 0. The van der Waals surface area contributed by atoms with Crippen molar-refractivity contribution in [1.29, 1.82) is 0 Å². The molecule has 13 heavy (non-hydrogen) atoms. The molecule has 0 rings (SSSR count). The molecule has 0 unspecified atom stereocenters. The number of hydrogen-bond acceptors (Lipinski definition) is 4. The van der Waals surface area contributed by atoms with Gasteiger partial charge in [-0.25, -0.2) is 0 Å². The highest BCUT2D eigenvalue weighted by Crippen LogP contribution is 1.76. The van der Waals surface area contributed by atoms with E-state index in [1.54, 1.807) is 6.92 Å². The van der Waals surface area contributed by atoms with Crippen LogP contribution in [0.1, 0.15) is 27.2 Å². The Bertz CT molecular complexity index is 137. The summed E-state index contributed by atoms with van der Waals surface area (Å²) >= 11 is 0. The van der Waals surface area contributed by atoms with Crippen LogP contribution in [0.15, 0.2) is 0 Å². The van der Waals surface area contributed by atoms with Crippen LogP contribution in [0.3, 0.4) is 0 Å². The minimum atomic E-state index is -0.157. The molecule has 0 aromatic heterocycles. The second kappa shape index (κ2) is 11.1. The summed E-state index contributed by atoms with van der Waals surface area (Å²) < 4.78 is 9.01. The lowest BCUT2D eigenvalue weighted by atomic mass is 10.5. The molecular formula is C9H18O4. The third-order valence-electron chi connectivity index (χ3n) is 1.03. The summed E-state index contributed by atoms with van der Waals surface area (Å²) in [5, 5.41) is 0. The van der Waals surface area contributed by atoms with Gasteiger partial charge in [-0.3, -0.25) is 9.59 Å². The van der Waals surface area contributed by atoms with Gasteiger partial charge < -0.3 is 9.47 Å². The van der Waals surface area contributed by atoms with E-state index in [4.69, 9.17) is 4.74 Å². The molecule has 0 aliphatic rings. The van der Waals surface area contributed by atoms with Crippen LogP contribution < -0.4 is 0 Å². The molecule has 0 radical (unpaired) electrons. The van der Waals surface area contributed by atoms with Gasteiger partial charge in [0.15, 0.2) is 5.78 Å². The van der Waals surface area contributed by atoms with E-state index in [1.807, 2.05) is 6.92 Å². The summed E-state index contributed by atoms with van der Waals surface area (Å²) in [6.07, 6.45) is 0.469. The Morgan fingerprint density at radius 2 is 1.77 bits per heavy atom. The minimum Gasteiger partial charge on any atom is -0.469 e. The van der Waals surface area contributed by atoms with E-state index in [2.05, 4.69) is 4.74 Å². The summed E-state index contributed by atoms with van der Waals surface area (Å²) in [6.45, 7) is 6.01. The molecular weight excluding hydrogens is 172 g/mol. The van der Waals surface area contributed by atoms with E-state index in [1.165, 1.54) is 14.0 Å². The monoisotopic (exact) mass is 190 g/mol.